The van der Waals surface area contributed by atoms with Crippen LogP contribution in [0.3, 0.4) is 0 Å². The largest absolute Gasteiger partial charge is 0.355 e. The van der Waals surface area contributed by atoms with Crippen LogP contribution in [0.5, 0.6) is 0 Å². The smallest absolute Gasteiger partial charge is 0.264 e. The Bertz CT molecular complexity index is 1320. The zero-order valence-electron chi connectivity index (χ0n) is 22.1. The molecule has 1 N–H and O–H groups in total. The van der Waals surface area contributed by atoms with Gasteiger partial charge in [-0.1, -0.05) is 54.1 Å². The Balaban J connectivity index is 2.04. The Morgan fingerprint density at radius 1 is 0.865 bits per heavy atom. The lowest BCUT2D eigenvalue weighted by Crippen LogP contribution is -2.51. The minimum absolute atomic E-state index is 0.0869. The van der Waals surface area contributed by atoms with Gasteiger partial charge in [-0.15, -0.1) is 0 Å². The van der Waals surface area contributed by atoms with Crippen molar-refractivity contribution in [3.8, 4) is 0 Å². The highest BCUT2D eigenvalue weighted by Gasteiger charge is 2.32. The molecule has 3 aromatic rings. The average Bonchev–Trinajstić information content (AvgIpc) is 2.86. The molecule has 0 bridgehead atoms. The highest BCUT2D eigenvalue weighted by atomic mass is 32.2. The van der Waals surface area contributed by atoms with Gasteiger partial charge in [0.25, 0.3) is 10.0 Å². The first kappa shape index (κ1) is 27.9. The Hall–Kier alpha value is -3.65. The molecule has 0 saturated carbocycles. The molecule has 0 heterocycles. The van der Waals surface area contributed by atoms with Gasteiger partial charge in [0.1, 0.15) is 12.6 Å². The summed E-state index contributed by atoms with van der Waals surface area (Å²) >= 11 is 0. The SMILES string of the molecule is CCNC(=O)[C@H](C)N(Cc1ccc(C)cc1)C(=O)CN(c1cc(C)cc(C)c1)S(=O)(=O)c1ccccc1. The molecule has 7 nitrogen and oxygen atoms in total. The van der Waals surface area contributed by atoms with E-state index in [1.807, 2.05) is 58.0 Å². The van der Waals surface area contributed by atoms with E-state index in [0.717, 1.165) is 26.6 Å². The number of rotatable bonds is 10. The Morgan fingerprint density at radius 3 is 2.03 bits per heavy atom. The molecule has 37 heavy (non-hydrogen) atoms. The molecular formula is C29H35N3O4S. The summed E-state index contributed by atoms with van der Waals surface area (Å²) in [7, 11) is -4.07. The van der Waals surface area contributed by atoms with E-state index >= 15 is 0 Å². The lowest BCUT2D eigenvalue weighted by atomic mass is 10.1. The van der Waals surface area contributed by atoms with E-state index < -0.39 is 28.5 Å². The molecule has 0 fully saturated rings. The summed E-state index contributed by atoms with van der Waals surface area (Å²) < 4.78 is 28.7. The van der Waals surface area contributed by atoms with E-state index in [0.29, 0.717) is 12.2 Å². The summed E-state index contributed by atoms with van der Waals surface area (Å²) in [4.78, 5) is 28.1. The molecule has 0 saturated heterocycles. The molecule has 0 spiro atoms. The van der Waals surface area contributed by atoms with Crippen molar-refractivity contribution in [1.82, 2.24) is 10.2 Å². The number of anilines is 1. The fraction of sp³-hybridized carbons (Fsp3) is 0.310. The van der Waals surface area contributed by atoms with E-state index in [1.165, 1.54) is 17.0 Å². The molecule has 0 unspecified atom stereocenters. The number of carbonyl (C=O) groups is 2. The third-order valence-corrected chi connectivity index (χ3v) is 7.88. The topological polar surface area (TPSA) is 86.8 Å². The summed E-state index contributed by atoms with van der Waals surface area (Å²) in [5, 5.41) is 2.77. The number of aryl methyl sites for hydroxylation is 3. The van der Waals surface area contributed by atoms with E-state index in [2.05, 4.69) is 5.32 Å². The second kappa shape index (κ2) is 12.1. The van der Waals surface area contributed by atoms with Gasteiger partial charge in [-0.05, 0) is 75.6 Å². The lowest BCUT2D eigenvalue weighted by Gasteiger charge is -2.32. The number of hydrogen-bond donors (Lipinski definition) is 1. The fourth-order valence-electron chi connectivity index (χ4n) is 4.14. The molecular weight excluding hydrogens is 486 g/mol. The van der Waals surface area contributed by atoms with Gasteiger partial charge in [-0.2, -0.15) is 0 Å². The number of nitrogens with zero attached hydrogens (tertiary/aromatic N) is 2. The van der Waals surface area contributed by atoms with Gasteiger partial charge in [0.05, 0.1) is 10.6 Å². The summed E-state index contributed by atoms with van der Waals surface area (Å²) in [6, 6.07) is 20.4. The van der Waals surface area contributed by atoms with Gasteiger partial charge in [-0.25, -0.2) is 8.42 Å². The maximum atomic E-state index is 13.8. The minimum Gasteiger partial charge on any atom is -0.355 e. The molecule has 0 aliphatic carbocycles. The molecule has 3 rings (SSSR count). The lowest BCUT2D eigenvalue weighted by molar-refractivity contribution is -0.139. The first-order valence-corrected chi connectivity index (χ1v) is 13.8. The summed E-state index contributed by atoms with van der Waals surface area (Å²) in [6.45, 7) is 9.35. The number of carbonyl (C=O) groups excluding carboxylic acids is 2. The van der Waals surface area contributed by atoms with Crippen LogP contribution in [-0.4, -0.2) is 44.3 Å². The van der Waals surface area contributed by atoms with Crippen molar-refractivity contribution < 1.29 is 18.0 Å². The number of benzene rings is 3. The van der Waals surface area contributed by atoms with Crippen LogP contribution in [0, 0.1) is 20.8 Å². The zero-order chi connectivity index (χ0) is 27.2. The third kappa shape index (κ3) is 6.98. The second-order valence-electron chi connectivity index (χ2n) is 9.25. The molecule has 3 aromatic carbocycles. The second-order valence-corrected chi connectivity index (χ2v) is 11.1. The summed E-state index contributed by atoms with van der Waals surface area (Å²) in [5.41, 5.74) is 4.08. The molecule has 8 heteroatoms. The van der Waals surface area contributed by atoms with Crippen LogP contribution in [-0.2, 0) is 26.2 Å². The molecule has 0 radical (unpaired) electrons. The predicted octanol–water partition coefficient (Wildman–Crippen LogP) is 4.36. The fourth-order valence-corrected chi connectivity index (χ4v) is 5.56. The van der Waals surface area contributed by atoms with E-state index in [-0.39, 0.29) is 17.3 Å². The maximum absolute atomic E-state index is 13.8. The van der Waals surface area contributed by atoms with Gasteiger partial charge >= 0.3 is 0 Å². The predicted molar refractivity (Wildman–Crippen MR) is 147 cm³/mol. The van der Waals surface area contributed by atoms with Crippen LogP contribution >= 0.6 is 0 Å². The van der Waals surface area contributed by atoms with E-state index in [9.17, 15) is 18.0 Å². The van der Waals surface area contributed by atoms with Gasteiger partial charge < -0.3 is 10.2 Å². The number of sulfonamides is 1. The quantitative estimate of drug-likeness (QED) is 0.430. The summed E-state index contributed by atoms with van der Waals surface area (Å²) in [6.07, 6.45) is 0. The van der Waals surface area contributed by atoms with Gasteiger partial charge in [0.2, 0.25) is 11.8 Å². The molecule has 0 aliphatic rings. The number of likely N-dealkylation sites (N-methyl/N-ethyl adjacent to an activating group) is 1. The van der Waals surface area contributed by atoms with Crippen molar-refractivity contribution in [2.75, 3.05) is 17.4 Å². The average molecular weight is 522 g/mol. The van der Waals surface area contributed by atoms with Crippen LogP contribution in [0.2, 0.25) is 0 Å². The zero-order valence-corrected chi connectivity index (χ0v) is 22.9. The number of amides is 2. The van der Waals surface area contributed by atoms with Crippen molar-refractivity contribution >= 4 is 27.5 Å². The number of nitrogens with one attached hydrogen (secondary N) is 1. The highest BCUT2D eigenvalue weighted by Crippen LogP contribution is 2.26. The number of hydrogen-bond acceptors (Lipinski definition) is 4. The molecule has 0 aromatic heterocycles. The van der Waals surface area contributed by atoms with Crippen LogP contribution in [0.1, 0.15) is 36.1 Å². The van der Waals surface area contributed by atoms with Gasteiger partial charge in [-0.3, -0.25) is 13.9 Å². The molecule has 2 amide bonds. The monoisotopic (exact) mass is 521 g/mol. The van der Waals surface area contributed by atoms with Crippen LogP contribution in [0.25, 0.3) is 0 Å². The standard InChI is InChI=1S/C29H35N3O4S/c1-6-30-29(34)24(5)31(19-25-14-12-21(2)13-15-25)28(33)20-32(26-17-22(3)16-23(4)18-26)37(35,36)27-10-8-7-9-11-27/h7-18,24H,6,19-20H2,1-5H3,(H,30,34)/t24-/m0/s1. The van der Waals surface area contributed by atoms with Gasteiger partial charge in [0, 0.05) is 13.1 Å². The van der Waals surface area contributed by atoms with Crippen molar-refractivity contribution in [1.29, 1.82) is 0 Å². The molecule has 0 aliphatic heterocycles. The Morgan fingerprint density at radius 2 is 1.46 bits per heavy atom. The van der Waals surface area contributed by atoms with Gasteiger partial charge in [0.15, 0.2) is 0 Å². The van der Waals surface area contributed by atoms with Crippen LogP contribution in [0.15, 0.2) is 77.7 Å². The summed E-state index contributed by atoms with van der Waals surface area (Å²) in [5.74, 6) is -0.773. The Labute approximate surface area is 220 Å². The Kier molecular flexibility index (Phi) is 9.10. The van der Waals surface area contributed by atoms with Crippen molar-refractivity contribution in [2.24, 2.45) is 0 Å². The van der Waals surface area contributed by atoms with E-state index in [4.69, 9.17) is 0 Å². The highest BCUT2D eigenvalue weighted by molar-refractivity contribution is 7.92. The first-order chi connectivity index (χ1) is 17.5. The van der Waals surface area contributed by atoms with Crippen molar-refractivity contribution in [3.05, 3.63) is 95.1 Å². The van der Waals surface area contributed by atoms with Crippen LogP contribution < -0.4 is 9.62 Å². The first-order valence-electron chi connectivity index (χ1n) is 12.3. The molecule has 1 atom stereocenters. The normalized spacial score (nSPS) is 12.0. The molecule has 196 valence electrons. The minimum atomic E-state index is -4.07. The maximum Gasteiger partial charge on any atom is 0.264 e. The third-order valence-electron chi connectivity index (χ3n) is 6.10. The van der Waals surface area contributed by atoms with Crippen molar-refractivity contribution in [3.63, 3.8) is 0 Å². The van der Waals surface area contributed by atoms with Crippen molar-refractivity contribution in [2.45, 2.75) is 52.1 Å². The van der Waals surface area contributed by atoms with Crippen LogP contribution in [0.4, 0.5) is 5.69 Å². The van der Waals surface area contributed by atoms with E-state index in [1.54, 1.807) is 37.3 Å².